The van der Waals surface area contributed by atoms with E-state index in [2.05, 4.69) is 25.3 Å². The minimum absolute atomic E-state index is 0.187. The Kier molecular flexibility index (Phi) is 6.60. The van der Waals surface area contributed by atoms with Crippen molar-refractivity contribution in [3.05, 3.63) is 94.8 Å². The molecule has 2 aromatic carbocycles. The maximum atomic E-state index is 14.1. The van der Waals surface area contributed by atoms with Gasteiger partial charge in [0.05, 0.1) is 18.5 Å². The van der Waals surface area contributed by atoms with E-state index in [0.717, 1.165) is 0 Å². The van der Waals surface area contributed by atoms with E-state index in [1.165, 1.54) is 11.7 Å². The molecule has 3 N–H and O–H groups in total. The van der Waals surface area contributed by atoms with Gasteiger partial charge in [-0.05, 0) is 36.1 Å². The van der Waals surface area contributed by atoms with E-state index in [4.69, 9.17) is 10.5 Å². The van der Waals surface area contributed by atoms with Gasteiger partial charge in [-0.3, -0.25) is 9.36 Å². The molecule has 0 fully saturated rings. The first-order chi connectivity index (χ1) is 18.7. The Hall–Kier alpha value is -5.00. The highest BCUT2D eigenvalue weighted by Crippen LogP contribution is 2.36. The number of pyridine rings is 1. The molecular formula is C27H22F3N7O2. The number of methoxy groups -OCH3 is 1. The van der Waals surface area contributed by atoms with Gasteiger partial charge in [-0.25, -0.2) is 15.0 Å². The lowest BCUT2D eigenvalue weighted by molar-refractivity contribution is -0.137. The van der Waals surface area contributed by atoms with Crippen LogP contribution in [0.3, 0.4) is 0 Å². The van der Waals surface area contributed by atoms with Crippen LogP contribution in [-0.2, 0) is 6.18 Å². The van der Waals surface area contributed by atoms with Crippen molar-refractivity contribution in [1.82, 2.24) is 24.5 Å². The van der Waals surface area contributed by atoms with Crippen LogP contribution in [0.2, 0.25) is 0 Å². The van der Waals surface area contributed by atoms with E-state index >= 15 is 0 Å². The average molecular weight is 534 g/mol. The summed E-state index contributed by atoms with van der Waals surface area (Å²) in [4.78, 5) is 29.7. The van der Waals surface area contributed by atoms with Crippen LogP contribution in [0.4, 0.5) is 24.9 Å². The maximum absolute atomic E-state index is 14.1. The smallest absolute Gasteiger partial charge is 0.421 e. The van der Waals surface area contributed by atoms with Gasteiger partial charge < -0.3 is 15.8 Å². The van der Waals surface area contributed by atoms with Crippen molar-refractivity contribution >= 4 is 22.5 Å². The molecule has 0 saturated heterocycles. The lowest BCUT2D eigenvalue weighted by Gasteiger charge is -2.23. The summed E-state index contributed by atoms with van der Waals surface area (Å²) < 4.78 is 47.5. The number of nitrogens with zero attached hydrogens (tertiary/aromatic N) is 5. The number of ether oxygens (including phenoxy) is 1. The quantitative estimate of drug-likeness (QED) is 0.312. The molecule has 0 unspecified atom stereocenters. The fraction of sp³-hybridized carbons (Fsp3) is 0.148. The minimum atomic E-state index is -4.71. The van der Waals surface area contributed by atoms with Crippen molar-refractivity contribution in [2.75, 3.05) is 18.2 Å². The summed E-state index contributed by atoms with van der Waals surface area (Å²) in [5, 5.41) is 3.77. The van der Waals surface area contributed by atoms with Crippen molar-refractivity contribution in [1.29, 1.82) is 0 Å². The van der Waals surface area contributed by atoms with Crippen LogP contribution in [0.1, 0.15) is 24.2 Å². The Morgan fingerprint density at radius 1 is 1.00 bits per heavy atom. The van der Waals surface area contributed by atoms with Gasteiger partial charge in [0.25, 0.3) is 5.56 Å². The standard InChI is InChI=1S/C27H22F3N7O2/c1-15(35-23-20(27(28,29)30)14-32-25(31)36-23)21-11-16-7-6-10-19(17-12-33-26(39-2)34-13-17)22(16)24(38)37(21)18-8-4-3-5-9-18/h3-15H,1-2H3,(H3,31,32,35,36)/t15-/m0/s1. The summed E-state index contributed by atoms with van der Waals surface area (Å²) in [7, 11) is 1.45. The number of hydrogen-bond donors (Lipinski definition) is 2. The van der Waals surface area contributed by atoms with Gasteiger partial charge in [-0.15, -0.1) is 0 Å². The molecule has 0 aliphatic carbocycles. The van der Waals surface area contributed by atoms with Crippen LogP contribution in [0, 0.1) is 0 Å². The second kappa shape index (κ2) is 10.0. The van der Waals surface area contributed by atoms with Crippen LogP contribution >= 0.6 is 0 Å². The molecule has 3 aromatic heterocycles. The first-order valence-corrected chi connectivity index (χ1v) is 11.7. The number of nitrogens with one attached hydrogen (secondary N) is 1. The van der Waals surface area contributed by atoms with Gasteiger partial charge in [-0.2, -0.15) is 18.2 Å². The molecule has 0 saturated carbocycles. The summed E-state index contributed by atoms with van der Waals surface area (Å²) in [5.41, 5.74) is 6.29. The van der Waals surface area contributed by atoms with Gasteiger partial charge in [0.1, 0.15) is 11.4 Å². The molecule has 3 heterocycles. The number of aromatic nitrogens is 5. The zero-order valence-electron chi connectivity index (χ0n) is 20.8. The molecule has 5 rings (SSSR count). The van der Waals surface area contributed by atoms with Crippen molar-refractivity contribution in [3.8, 4) is 22.8 Å². The molecular weight excluding hydrogens is 511 g/mol. The fourth-order valence-electron chi connectivity index (χ4n) is 4.34. The number of para-hydroxylation sites is 1. The van der Waals surface area contributed by atoms with E-state index in [-0.39, 0.29) is 17.5 Å². The lowest BCUT2D eigenvalue weighted by Crippen LogP contribution is -2.26. The summed E-state index contributed by atoms with van der Waals surface area (Å²) in [6.45, 7) is 1.64. The van der Waals surface area contributed by atoms with Crippen LogP contribution in [0.15, 0.2) is 78.0 Å². The lowest BCUT2D eigenvalue weighted by atomic mass is 9.99. The summed E-state index contributed by atoms with van der Waals surface area (Å²) >= 11 is 0. The van der Waals surface area contributed by atoms with Crippen molar-refractivity contribution < 1.29 is 17.9 Å². The number of nitrogen functional groups attached to an aromatic ring is 1. The molecule has 198 valence electrons. The van der Waals surface area contributed by atoms with E-state index in [9.17, 15) is 18.0 Å². The number of hydrogen-bond acceptors (Lipinski definition) is 8. The number of halogens is 3. The third-order valence-electron chi connectivity index (χ3n) is 6.12. The molecule has 0 aliphatic rings. The monoisotopic (exact) mass is 533 g/mol. The Labute approximate surface area is 220 Å². The molecule has 0 bridgehead atoms. The summed E-state index contributed by atoms with van der Waals surface area (Å²) in [6, 6.07) is 15.3. The highest BCUT2D eigenvalue weighted by molar-refractivity contribution is 5.96. The zero-order chi connectivity index (χ0) is 27.7. The SMILES string of the molecule is COc1ncc(-c2cccc3cc([C@H](C)Nc4nc(N)ncc4C(F)(F)F)n(-c4ccccc4)c(=O)c23)cn1. The minimum Gasteiger partial charge on any atom is -0.467 e. The number of nitrogens with two attached hydrogens (primary N) is 1. The van der Waals surface area contributed by atoms with Crippen molar-refractivity contribution in [2.24, 2.45) is 0 Å². The normalized spacial score (nSPS) is 12.3. The van der Waals surface area contributed by atoms with Crippen LogP contribution in [0.25, 0.3) is 27.6 Å². The van der Waals surface area contributed by atoms with Crippen molar-refractivity contribution in [3.63, 3.8) is 0 Å². The predicted octanol–water partition coefficient (Wildman–Crippen LogP) is 5.02. The molecule has 1 atom stereocenters. The Morgan fingerprint density at radius 3 is 2.38 bits per heavy atom. The van der Waals surface area contributed by atoms with Crippen LogP contribution < -0.4 is 21.3 Å². The van der Waals surface area contributed by atoms with E-state index in [0.29, 0.717) is 39.5 Å². The largest absolute Gasteiger partial charge is 0.467 e. The third kappa shape index (κ3) is 4.96. The number of alkyl halides is 3. The van der Waals surface area contributed by atoms with E-state index in [1.54, 1.807) is 73.9 Å². The zero-order valence-corrected chi connectivity index (χ0v) is 20.8. The highest BCUT2D eigenvalue weighted by atomic mass is 19.4. The van der Waals surface area contributed by atoms with E-state index < -0.39 is 23.6 Å². The third-order valence-corrected chi connectivity index (χ3v) is 6.12. The number of benzene rings is 2. The van der Waals surface area contributed by atoms with E-state index in [1.807, 2.05) is 0 Å². The molecule has 9 nitrogen and oxygen atoms in total. The molecule has 5 aromatic rings. The Bertz CT molecular complexity index is 1710. The molecule has 39 heavy (non-hydrogen) atoms. The van der Waals surface area contributed by atoms with Gasteiger partial charge in [0, 0.05) is 35.5 Å². The topological polar surface area (TPSA) is 121 Å². The molecule has 0 spiro atoms. The van der Waals surface area contributed by atoms with Crippen molar-refractivity contribution in [2.45, 2.75) is 19.1 Å². The number of fused-ring (bicyclic) bond motifs is 1. The summed E-state index contributed by atoms with van der Waals surface area (Å²) in [5.74, 6) is -0.804. The number of anilines is 2. The van der Waals surface area contributed by atoms with Crippen LogP contribution in [0.5, 0.6) is 6.01 Å². The molecule has 0 aliphatic heterocycles. The average Bonchev–Trinajstić information content (AvgIpc) is 2.92. The second-order valence-corrected chi connectivity index (χ2v) is 8.63. The maximum Gasteiger partial charge on any atom is 0.421 e. The molecule has 12 heteroatoms. The highest BCUT2D eigenvalue weighted by Gasteiger charge is 2.36. The van der Waals surface area contributed by atoms with Crippen LogP contribution in [-0.4, -0.2) is 31.6 Å². The van der Waals surface area contributed by atoms with Gasteiger partial charge in [0.2, 0.25) is 5.95 Å². The first kappa shape index (κ1) is 25.6. The van der Waals surface area contributed by atoms with Gasteiger partial charge >= 0.3 is 12.2 Å². The molecule has 0 amide bonds. The van der Waals surface area contributed by atoms with Gasteiger partial charge in [0.15, 0.2) is 0 Å². The fourth-order valence-corrected chi connectivity index (χ4v) is 4.34. The Balaban J connectivity index is 1.72. The van der Waals surface area contributed by atoms with Gasteiger partial charge in [-0.1, -0.05) is 36.4 Å². The first-order valence-electron chi connectivity index (χ1n) is 11.7. The Morgan fingerprint density at radius 2 is 1.72 bits per heavy atom. The predicted molar refractivity (Wildman–Crippen MR) is 141 cm³/mol. The summed E-state index contributed by atoms with van der Waals surface area (Å²) in [6.07, 6.45) is -0.967. The second-order valence-electron chi connectivity index (χ2n) is 8.63. The molecule has 0 radical (unpaired) electrons. The number of rotatable bonds is 6.